The van der Waals surface area contributed by atoms with Crippen LogP contribution in [-0.4, -0.2) is 19.7 Å². The van der Waals surface area contributed by atoms with Gasteiger partial charge in [-0.15, -0.1) is 12.4 Å². The molecular weight excluding hydrogens is 260 g/mol. The molecule has 2 unspecified atom stereocenters. The molecule has 1 aromatic rings. The second-order valence-corrected chi connectivity index (χ2v) is 4.90. The predicted molar refractivity (Wildman–Crippen MR) is 67.7 cm³/mol. The Kier molecular flexibility index (Phi) is 4.07. The van der Waals surface area contributed by atoms with Crippen LogP contribution in [0.2, 0.25) is 0 Å². The summed E-state index contributed by atoms with van der Waals surface area (Å²) < 4.78 is 28.8. The Morgan fingerprint density at radius 3 is 2.89 bits per heavy atom. The quantitative estimate of drug-likeness (QED) is 0.896. The first-order valence-corrected chi connectivity index (χ1v) is 6.00. The molecule has 1 aliphatic heterocycles. The number of rotatable bonds is 2. The fourth-order valence-electron chi connectivity index (χ4n) is 3.07. The first-order valence-electron chi connectivity index (χ1n) is 6.00. The zero-order valence-electron chi connectivity index (χ0n) is 9.86. The van der Waals surface area contributed by atoms with Crippen LogP contribution in [0.5, 0.6) is 5.75 Å². The Hall–Kier alpha value is -0.870. The number of halogens is 3. The third-order valence-electron chi connectivity index (χ3n) is 3.73. The summed E-state index contributed by atoms with van der Waals surface area (Å²) in [5.74, 6) is 1.47. The highest BCUT2D eigenvalue weighted by Crippen LogP contribution is 2.38. The van der Waals surface area contributed by atoms with Crippen LogP contribution in [0.4, 0.5) is 8.78 Å². The summed E-state index contributed by atoms with van der Waals surface area (Å²) in [6, 6.07) is 5.38. The molecule has 18 heavy (non-hydrogen) atoms. The molecule has 5 heteroatoms. The van der Waals surface area contributed by atoms with E-state index in [2.05, 4.69) is 10.1 Å². The maximum Gasteiger partial charge on any atom is 0.387 e. The lowest BCUT2D eigenvalue weighted by Gasteiger charge is -2.36. The molecule has 0 spiro atoms. The molecular formula is C13H16ClF2NO. The minimum atomic E-state index is -2.74. The summed E-state index contributed by atoms with van der Waals surface area (Å²) in [6.07, 6.45) is 2.19. The summed E-state index contributed by atoms with van der Waals surface area (Å²) in [5.41, 5.74) is 2.49. The highest BCUT2D eigenvalue weighted by Gasteiger charge is 2.30. The van der Waals surface area contributed by atoms with Gasteiger partial charge in [-0.2, -0.15) is 8.78 Å². The highest BCUT2D eigenvalue weighted by atomic mass is 35.5. The molecule has 1 aliphatic carbocycles. The number of benzene rings is 1. The average Bonchev–Trinajstić information content (AvgIpc) is 2.28. The van der Waals surface area contributed by atoms with Crippen LogP contribution < -0.4 is 10.1 Å². The Bertz CT molecular complexity index is 427. The van der Waals surface area contributed by atoms with E-state index >= 15 is 0 Å². The predicted octanol–water partition coefficient (Wildman–Crippen LogP) is 2.96. The minimum absolute atomic E-state index is 0. The van der Waals surface area contributed by atoms with Gasteiger partial charge in [-0.1, -0.05) is 6.07 Å². The molecule has 1 saturated heterocycles. The maximum atomic E-state index is 12.2. The second kappa shape index (κ2) is 5.41. The average molecular weight is 276 g/mol. The van der Waals surface area contributed by atoms with Crippen LogP contribution in [-0.2, 0) is 6.42 Å². The monoisotopic (exact) mass is 275 g/mol. The Balaban J connectivity index is 0.00000120. The third kappa shape index (κ3) is 2.59. The smallest absolute Gasteiger partial charge is 0.387 e. The van der Waals surface area contributed by atoms with Gasteiger partial charge in [0.15, 0.2) is 0 Å². The van der Waals surface area contributed by atoms with Crippen molar-refractivity contribution in [3.63, 3.8) is 0 Å². The second-order valence-electron chi connectivity index (χ2n) is 4.90. The molecule has 1 fully saturated rings. The molecule has 0 saturated carbocycles. The van der Waals surface area contributed by atoms with Crippen LogP contribution in [0.25, 0.3) is 0 Å². The third-order valence-corrected chi connectivity index (χ3v) is 3.73. The highest BCUT2D eigenvalue weighted by molar-refractivity contribution is 5.85. The zero-order valence-corrected chi connectivity index (χ0v) is 10.7. The van der Waals surface area contributed by atoms with E-state index in [-0.39, 0.29) is 18.2 Å². The number of alkyl halides is 2. The van der Waals surface area contributed by atoms with Gasteiger partial charge in [0, 0.05) is 6.54 Å². The van der Waals surface area contributed by atoms with E-state index in [4.69, 9.17) is 0 Å². The molecule has 2 atom stereocenters. The van der Waals surface area contributed by atoms with Crippen LogP contribution in [0.3, 0.4) is 0 Å². The lowest BCUT2D eigenvalue weighted by molar-refractivity contribution is -0.0499. The molecule has 100 valence electrons. The minimum Gasteiger partial charge on any atom is -0.435 e. The van der Waals surface area contributed by atoms with Crippen molar-refractivity contribution >= 4 is 12.4 Å². The maximum absolute atomic E-state index is 12.2. The molecule has 2 aliphatic rings. The Morgan fingerprint density at radius 2 is 2.11 bits per heavy atom. The van der Waals surface area contributed by atoms with Gasteiger partial charge in [0.05, 0.1) is 0 Å². The molecule has 2 bridgehead atoms. The number of piperidine rings is 1. The molecule has 0 aromatic heterocycles. The number of hydrogen-bond acceptors (Lipinski definition) is 2. The van der Waals surface area contributed by atoms with E-state index in [0.29, 0.717) is 11.8 Å². The van der Waals surface area contributed by atoms with Crippen molar-refractivity contribution < 1.29 is 13.5 Å². The number of fused-ring (bicyclic) bond motifs is 4. The fourth-order valence-corrected chi connectivity index (χ4v) is 3.07. The van der Waals surface area contributed by atoms with E-state index < -0.39 is 6.61 Å². The lowest BCUT2D eigenvalue weighted by Crippen LogP contribution is -2.39. The number of ether oxygens (including phenoxy) is 1. The van der Waals surface area contributed by atoms with Crippen molar-refractivity contribution in [1.29, 1.82) is 0 Å². The van der Waals surface area contributed by atoms with Crippen LogP contribution >= 0.6 is 12.4 Å². The van der Waals surface area contributed by atoms with E-state index in [1.165, 1.54) is 17.5 Å². The van der Waals surface area contributed by atoms with E-state index in [0.717, 1.165) is 19.5 Å². The molecule has 3 rings (SSSR count). The number of nitrogens with one attached hydrogen (secondary N) is 1. The Labute approximate surface area is 111 Å². The van der Waals surface area contributed by atoms with Crippen molar-refractivity contribution in [3.05, 3.63) is 29.3 Å². The molecule has 1 aromatic carbocycles. The summed E-state index contributed by atoms with van der Waals surface area (Å²) in [4.78, 5) is 0. The topological polar surface area (TPSA) is 21.3 Å². The van der Waals surface area contributed by atoms with Crippen molar-refractivity contribution in [2.45, 2.75) is 25.4 Å². The van der Waals surface area contributed by atoms with E-state index in [1.807, 2.05) is 6.07 Å². The van der Waals surface area contributed by atoms with Crippen molar-refractivity contribution in [1.82, 2.24) is 5.32 Å². The summed E-state index contributed by atoms with van der Waals surface area (Å²) >= 11 is 0. The molecule has 1 N–H and O–H groups in total. The molecule has 2 nitrogen and oxygen atoms in total. The fraction of sp³-hybridized carbons (Fsp3) is 0.538. The summed E-state index contributed by atoms with van der Waals surface area (Å²) in [6.45, 7) is -0.702. The lowest BCUT2D eigenvalue weighted by atomic mass is 9.74. The molecule has 1 heterocycles. The molecule has 0 amide bonds. The SMILES string of the molecule is Cl.FC(F)Oc1ccc2c(c1)CC1CNCC2C1. The summed E-state index contributed by atoms with van der Waals surface area (Å²) in [5, 5.41) is 3.42. The molecule has 0 radical (unpaired) electrons. The van der Waals surface area contributed by atoms with E-state index in [1.54, 1.807) is 12.1 Å². The van der Waals surface area contributed by atoms with Gasteiger partial charge in [0.2, 0.25) is 0 Å². The first-order chi connectivity index (χ1) is 8.22. The van der Waals surface area contributed by atoms with Gasteiger partial charge < -0.3 is 10.1 Å². The van der Waals surface area contributed by atoms with Crippen LogP contribution in [0.1, 0.15) is 23.5 Å². The van der Waals surface area contributed by atoms with Crippen molar-refractivity contribution in [2.75, 3.05) is 13.1 Å². The zero-order chi connectivity index (χ0) is 11.8. The first kappa shape index (κ1) is 13.6. The van der Waals surface area contributed by atoms with Gasteiger partial charge in [0.1, 0.15) is 5.75 Å². The van der Waals surface area contributed by atoms with Gasteiger partial charge in [-0.25, -0.2) is 0 Å². The summed E-state index contributed by atoms with van der Waals surface area (Å²) in [7, 11) is 0. The van der Waals surface area contributed by atoms with Gasteiger partial charge in [-0.05, 0) is 54.5 Å². The van der Waals surface area contributed by atoms with Gasteiger partial charge in [-0.3, -0.25) is 0 Å². The Morgan fingerprint density at radius 1 is 1.28 bits per heavy atom. The van der Waals surface area contributed by atoms with Gasteiger partial charge in [0.25, 0.3) is 0 Å². The number of hydrogen-bond donors (Lipinski definition) is 1. The normalized spacial score (nSPS) is 25.3. The van der Waals surface area contributed by atoms with Crippen molar-refractivity contribution in [2.24, 2.45) is 5.92 Å². The van der Waals surface area contributed by atoms with Crippen molar-refractivity contribution in [3.8, 4) is 5.75 Å². The van der Waals surface area contributed by atoms with Gasteiger partial charge >= 0.3 is 6.61 Å². The standard InChI is InChI=1S/C13H15F2NO.ClH/c14-13(15)17-11-1-2-12-9(5-11)3-8-4-10(12)7-16-6-8;/h1-2,5,8,10,13,16H,3-4,6-7H2;1H. The van der Waals surface area contributed by atoms with Crippen LogP contribution in [0.15, 0.2) is 18.2 Å². The van der Waals surface area contributed by atoms with E-state index in [9.17, 15) is 8.78 Å². The van der Waals surface area contributed by atoms with Crippen LogP contribution in [0, 0.1) is 5.92 Å². The largest absolute Gasteiger partial charge is 0.435 e.